The van der Waals surface area contributed by atoms with E-state index in [0.29, 0.717) is 11.5 Å². The lowest BCUT2D eigenvalue weighted by Gasteiger charge is -2.07. The molecule has 0 radical (unpaired) electrons. The Morgan fingerprint density at radius 2 is 2.23 bits per heavy atom. The highest BCUT2D eigenvalue weighted by Gasteiger charge is 2.27. The minimum atomic E-state index is -3.39. The molecule has 6 nitrogen and oxygen atoms in total. The molecule has 13 heavy (non-hydrogen) atoms. The Kier molecular flexibility index (Phi) is 1.47. The van der Waals surface area contributed by atoms with Gasteiger partial charge in [-0.15, -0.1) is 0 Å². The highest BCUT2D eigenvalue weighted by Crippen LogP contribution is 2.26. The lowest BCUT2D eigenvalue weighted by Crippen LogP contribution is -2.13. The van der Waals surface area contributed by atoms with Crippen molar-refractivity contribution in [2.75, 3.05) is 5.43 Å². The third-order valence-corrected chi connectivity index (χ3v) is 3.25. The summed E-state index contributed by atoms with van der Waals surface area (Å²) in [5.74, 6) is 0.417. The average molecular weight is 200 g/mol. The summed E-state index contributed by atoms with van der Waals surface area (Å²) >= 11 is 0. The normalized spacial score (nSPS) is 18.0. The fourth-order valence-electron chi connectivity index (χ4n) is 1.31. The number of aryl methyl sites for hydroxylation is 2. The Labute approximate surface area is 75.2 Å². The van der Waals surface area contributed by atoms with E-state index < -0.39 is 9.84 Å². The molecule has 0 bridgehead atoms. The third kappa shape index (κ3) is 1.04. The fraction of sp³-hybridized carbons (Fsp3) is 0.333. The zero-order chi connectivity index (χ0) is 9.64. The molecule has 0 spiro atoms. The number of nitrogens with one attached hydrogen (secondary N) is 1. The number of aromatic nitrogens is 2. The van der Waals surface area contributed by atoms with E-state index in [2.05, 4.69) is 15.6 Å². The third-order valence-electron chi connectivity index (χ3n) is 1.81. The smallest absolute Gasteiger partial charge is 0.224 e. The van der Waals surface area contributed by atoms with E-state index in [1.807, 2.05) is 0 Å². The lowest BCUT2D eigenvalue weighted by molar-refractivity contribution is 0.607. The van der Waals surface area contributed by atoms with Crippen molar-refractivity contribution < 1.29 is 8.42 Å². The largest absolute Gasteiger partial charge is 0.260 e. The number of rotatable bonds is 0. The Morgan fingerprint density at radius 1 is 1.54 bits per heavy atom. The quantitative estimate of drug-likeness (QED) is 0.633. The second kappa shape index (κ2) is 2.32. The summed E-state index contributed by atoms with van der Waals surface area (Å²) in [6.07, 6.45) is 0. The molecule has 2 rings (SSSR count). The van der Waals surface area contributed by atoms with E-state index >= 15 is 0 Å². The SMILES string of the molecule is Cc1nn(C)c2c1S(=O)(=O)C=NN2. The van der Waals surface area contributed by atoms with Gasteiger partial charge in [0.15, 0.2) is 5.82 Å². The summed E-state index contributed by atoms with van der Waals surface area (Å²) in [6.45, 7) is 1.65. The van der Waals surface area contributed by atoms with Gasteiger partial charge in [0, 0.05) is 7.05 Å². The van der Waals surface area contributed by atoms with Crippen LogP contribution in [0, 0.1) is 6.92 Å². The monoisotopic (exact) mass is 200 g/mol. The summed E-state index contributed by atoms with van der Waals surface area (Å²) in [6, 6.07) is 0. The second-order valence-electron chi connectivity index (χ2n) is 2.78. The standard InChI is InChI=1S/C6H8N4O2S/c1-4-5-6(10(2)9-4)8-7-3-13(5,11)12/h3,8H,1-2H3. The van der Waals surface area contributed by atoms with Gasteiger partial charge in [0.25, 0.3) is 0 Å². The minimum Gasteiger partial charge on any atom is -0.260 e. The number of nitrogens with zero attached hydrogens (tertiary/aromatic N) is 3. The van der Waals surface area contributed by atoms with Gasteiger partial charge in [-0.3, -0.25) is 5.43 Å². The van der Waals surface area contributed by atoms with E-state index in [4.69, 9.17) is 0 Å². The van der Waals surface area contributed by atoms with Crippen molar-refractivity contribution in [3.8, 4) is 0 Å². The van der Waals surface area contributed by atoms with Crippen LogP contribution in [0.4, 0.5) is 5.82 Å². The van der Waals surface area contributed by atoms with Crippen LogP contribution in [0.1, 0.15) is 5.69 Å². The van der Waals surface area contributed by atoms with Crippen molar-refractivity contribution in [2.24, 2.45) is 12.1 Å². The van der Waals surface area contributed by atoms with Crippen LogP contribution in [-0.2, 0) is 16.9 Å². The number of hydrogen-bond acceptors (Lipinski definition) is 5. The van der Waals surface area contributed by atoms with Gasteiger partial charge >= 0.3 is 0 Å². The van der Waals surface area contributed by atoms with Crippen LogP contribution < -0.4 is 5.43 Å². The van der Waals surface area contributed by atoms with E-state index in [9.17, 15) is 8.42 Å². The van der Waals surface area contributed by atoms with Gasteiger partial charge in [0.2, 0.25) is 9.84 Å². The van der Waals surface area contributed by atoms with Gasteiger partial charge in [-0.25, -0.2) is 13.1 Å². The first-order valence-electron chi connectivity index (χ1n) is 3.60. The van der Waals surface area contributed by atoms with E-state index in [-0.39, 0.29) is 4.90 Å². The second-order valence-corrected chi connectivity index (χ2v) is 4.49. The summed E-state index contributed by atoms with van der Waals surface area (Å²) in [5, 5.41) is 7.50. The summed E-state index contributed by atoms with van der Waals surface area (Å²) in [7, 11) is -1.73. The summed E-state index contributed by atoms with van der Waals surface area (Å²) in [4.78, 5) is 0.213. The first-order valence-corrected chi connectivity index (χ1v) is 5.15. The van der Waals surface area contributed by atoms with Gasteiger partial charge < -0.3 is 0 Å². The molecule has 0 saturated heterocycles. The van der Waals surface area contributed by atoms with Crippen LogP contribution in [0.15, 0.2) is 10.00 Å². The average Bonchev–Trinajstić information content (AvgIpc) is 2.27. The summed E-state index contributed by atoms with van der Waals surface area (Å²) < 4.78 is 24.4. The molecule has 1 aromatic rings. The summed E-state index contributed by atoms with van der Waals surface area (Å²) in [5.41, 5.74) is 3.97. The molecule has 0 unspecified atom stereocenters. The van der Waals surface area contributed by atoms with Crippen molar-refractivity contribution in [3.63, 3.8) is 0 Å². The van der Waals surface area contributed by atoms with Gasteiger partial charge in [-0.05, 0) is 6.92 Å². The maximum Gasteiger partial charge on any atom is 0.224 e. The number of fused-ring (bicyclic) bond motifs is 1. The predicted molar refractivity (Wildman–Crippen MR) is 47.2 cm³/mol. The van der Waals surface area contributed by atoms with Crippen molar-refractivity contribution in [1.82, 2.24) is 9.78 Å². The van der Waals surface area contributed by atoms with Crippen molar-refractivity contribution in [1.29, 1.82) is 0 Å². The minimum absolute atomic E-state index is 0.213. The molecule has 70 valence electrons. The molecule has 0 aromatic carbocycles. The lowest BCUT2D eigenvalue weighted by atomic mass is 10.5. The van der Waals surface area contributed by atoms with Gasteiger partial charge in [-0.2, -0.15) is 10.2 Å². The molecular formula is C6H8N4O2S. The molecule has 0 amide bonds. The van der Waals surface area contributed by atoms with Gasteiger partial charge in [0.1, 0.15) is 10.4 Å². The number of anilines is 1. The first-order chi connectivity index (χ1) is 6.02. The van der Waals surface area contributed by atoms with Crippen LogP contribution in [0.5, 0.6) is 0 Å². The Hall–Kier alpha value is -1.37. The molecule has 1 N–H and O–H groups in total. The van der Waals surface area contributed by atoms with Crippen molar-refractivity contribution in [3.05, 3.63) is 5.69 Å². The maximum atomic E-state index is 11.5. The van der Waals surface area contributed by atoms with E-state index in [0.717, 1.165) is 5.55 Å². The molecule has 0 saturated carbocycles. The molecular weight excluding hydrogens is 192 g/mol. The molecule has 0 fully saturated rings. The highest BCUT2D eigenvalue weighted by atomic mass is 32.2. The van der Waals surface area contributed by atoms with Crippen LogP contribution in [0.3, 0.4) is 0 Å². The number of hydrazone groups is 1. The van der Waals surface area contributed by atoms with Crippen LogP contribution in [0.2, 0.25) is 0 Å². The predicted octanol–water partition coefficient (Wildman–Crippen LogP) is -0.129. The molecule has 0 aliphatic carbocycles. The van der Waals surface area contributed by atoms with E-state index in [1.165, 1.54) is 4.68 Å². The molecule has 2 heterocycles. The van der Waals surface area contributed by atoms with Crippen LogP contribution in [0.25, 0.3) is 0 Å². The van der Waals surface area contributed by atoms with Gasteiger partial charge in [0.05, 0.1) is 5.69 Å². The topological polar surface area (TPSA) is 76.3 Å². The van der Waals surface area contributed by atoms with Crippen molar-refractivity contribution in [2.45, 2.75) is 11.8 Å². The van der Waals surface area contributed by atoms with Crippen molar-refractivity contribution >= 4 is 21.2 Å². The fourth-order valence-corrected chi connectivity index (χ4v) is 2.51. The number of hydrogen-bond donors (Lipinski definition) is 1. The zero-order valence-electron chi connectivity index (χ0n) is 7.14. The Bertz CT molecular complexity index is 485. The zero-order valence-corrected chi connectivity index (χ0v) is 7.96. The Morgan fingerprint density at radius 3 is 2.85 bits per heavy atom. The van der Waals surface area contributed by atoms with E-state index in [1.54, 1.807) is 14.0 Å². The maximum absolute atomic E-state index is 11.5. The first kappa shape index (κ1) is 8.24. The molecule has 1 aliphatic rings. The van der Waals surface area contributed by atoms with Crippen LogP contribution in [-0.4, -0.2) is 23.7 Å². The number of sulfone groups is 1. The molecule has 1 aromatic heterocycles. The van der Waals surface area contributed by atoms with Crippen LogP contribution >= 0.6 is 0 Å². The Balaban J connectivity index is 2.83. The van der Waals surface area contributed by atoms with Gasteiger partial charge in [-0.1, -0.05) is 0 Å². The molecule has 0 atom stereocenters. The molecule has 7 heteroatoms. The highest BCUT2D eigenvalue weighted by molar-refractivity contribution is 8.04. The molecule has 1 aliphatic heterocycles.